The van der Waals surface area contributed by atoms with Gasteiger partial charge in [0, 0.05) is 44.7 Å². The minimum Gasteiger partial charge on any atom is -0.492 e. The Labute approximate surface area is 191 Å². The van der Waals surface area contributed by atoms with Gasteiger partial charge in [0.25, 0.3) is 5.91 Å². The van der Waals surface area contributed by atoms with E-state index < -0.39 is 0 Å². The maximum Gasteiger partial charge on any atom is 0.254 e. The second-order valence-corrected chi connectivity index (χ2v) is 9.00. The van der Waals surface area contributed by atoms with Gasteiger partial charge in [-0.1, -0.05) is 18.6 Å². The predicted octanol–water partition coefficient (Wildman–Crippen LogP) is 4.07. The molecule has 0 saturated carbocycles. The fourth-order valence-corrected chi connectivity index (χ4v) is 4.99. The van der Waals surface area contributed by atoms with Crippen LogP contribution in [0.4, 0.5) is 0 Å². The third-order valence-electron chi connectivity index (χ3n) is 6.60. The van der Waals surface area contributed by atoms with Crippen molar-refractivity contribution >= 4 is 5.91 Å². The van der Waals surface area contributed by atoms with Gasteiger partial charge in [-0.05, 0) is 68.5 Å². The van der Waals surface area contributed by atoms with Gasteiger partial charge < -0.3 is 14.4 Å². The molecule has 2 atom stereocenters. The fourth-order valence-electron chi connectivity index (χ4n) is 4.99. The second-order valence-electron chi connectivity index (χ2n) is 9.00. The van der Waals surface area contributed by atoms with Crippen LogP contribution in [0.3, 0.4) is 0 Å². The predicted molar refractivity (Wildman–Crippen MR) is 125 cm³/mol. The van der Waals surface area contributed by atoms with Gasteiger partial charge in [-0.3, -0.25) is 14.7 Å². The molecule has 2 aliphatic rings. The van der Waals surface area contributed by atoms with Crippen LogP contribution in [0.5, 0.6) is 5.75 Å². The van der Waals surface area contributed by atoms with Crippen molar-refractivity contribution in [3.8, 4) is 5.75 Å². The number of amides is 1. The van der Waals surface area contributed by atoms with Crippen LogP contribution in [0.2, 0.25) is 0 Å². The quantitative estimate of drug-likeness (QED) is 0.724. The van der Waals surface area contributed by atoms with Crippen LogP contribution >= 0.6 is 0 Å². The number of piperidine rings is 1. The maximum atomic E-state index is 13.4. The zero-order valence-corrected chi connectivity index (χ0v) is 19.3. The number of pyridine rings is 1. The first-order valence-electron chi connectivity index (χ1n) is 11.8. The van der Waals surface area contributed by atoms with Crippen LogP contribution in [0.1, 0.15) is 53.6 Å². The van der Waals surface area contributed by atoms with E-state index in [1.54, 1.807) is 7.11 Å². The molecule has 3 heterocycles. The van der Waals surface area contributed by atoms with Crippen LogP contribution in [-0.4, -0.2) is 66.2 Å². The van der Waals surface area contributed by atoms with Crippen molar-refractivity contribution in [1.82, 2.24) is 14.8 Å². The summed E-state index contributed by atoms with van der Waals surface area (Å²) in [5.74, 6) is 0.842. The summed E-state index contributed by atoms with van der Waals surface area (Å²) in [5, 5.41) is 0. The molecule has 0 spiro atoms. The number of methoxy groups -OCH3 is 1. The molecule has 0 aliphatic carbocycles. The molecular formula is C26H35N3O3. The summed E-state index contributed by atoms with van der Waals surface area (Å²) in [6.45, 7) is 6.17. The van der Waals surface area contributed by atoms with Gasteiger partial charge in [-0.25, -0.2) is 0 Å². The lowest BCUT2D eigenvalue weighted by Gasteiger charge is -2.41. The molecule has 1 aromatic heterocycles. The molecule has 2 aliphatic heterocycles. The zero-order valence-electron chi connectivity index (χ0n) is 19.3. The number of carbonyl (C=O) groups excluding carboxylic acids is 1. The summed E-state index contributed by atoms with van der Waals surface area (Å²) >= 11 is 0. The molecule has 6 nitrogen and oxygen atoms in total. The average molecular weight is 438 g/mol. The number of nitrogens with zero attached hydrogens (tertiary/aromatic N) is 3. The monoisotopic (exact) mass is 437 g/mol. The van der Waals surface area contributed by atoms with E-state index in [9.17, 15) is 4.79 Å². The van der Waals surface area contributed by atoms with Crippen molar-refractivity contribution in [1.29, 1.82) is 0 Å². The van der Waals surface area contributed by atoms with E-state index in [1.165, 1.54) is 11.1 Å². The highest BCUT2D eigenvalue weighted by molar-refractivity contribution is 5.95. The van der Waals surface area contributed by atoms with Crippen molar-refractivity contribution in [2.75, 3.05) is 33.4 Å². The van der Waals surface area contributed by atoms with Gasteiger partial charge in [0.05, 0.1) is 12.1 Å². The first-order chi connectivity index (χ1) is 15.6. The molecule has 0 radical (unpaired) electrons. The molecule has 0 unspecified atom stereocenters. The Balaban J connectivity index is 1.53. The molecule has 1 saturated heterocycles. The molecule has 172 valence electrons. The lowest BCUT2D eigenvalue weighted by molar-refractivity contribution is -0.0156. The second kappa shape index (κ2) is 10.9. The normalized spacial score (nSPS) is 23.2. The Morgan fingerprint density at radius 1 is 1.09 bits per heavy atom. The van der Waals surface area contributed by atoms with Crippen LogP contribution in [0.25, 0.3) is 0 Å². The van der Waals surface area contributed by atoms with Crippen LogP contribution in [0.15, 0.2) is 42.7 Å². The van der Waals surface area contributed by atoms with E-state index >= 15 is 0 Å². The molecule has 1 aromatic carbocycles. The van der Waals surface area contributed by atoms with E-state index in [4.69, 9.17) is 9.47 Å². The third-order valence-corrected chi connectivity index (χ3v) is 6.60. The van der Waals surface area contributed by atoms with Gasteiger partial charge in [-0.15, -0.1) is 0 Å². The molecule has 2 bridgehead atoms. The molecule has 6 heteroatoms. The first-order valence-corrected chi connectivity index (χ1v) is 11.8. The summed E-state index contributed by atoms with van der Waals surface area (Å²) in [7, 11) is 1.77. The molecule has 2 aromatic rings. The van der Waals surface area contributed by atoms with Crippen LogP contribution < -0.4 is 4.74 Å². The number of benzene rings is 1. The van der Waals surface area contributed by atoms with E-state index in [0.717, 1.165) is 64.0 Å². The number of fused-ring (bicyclic) bond motifs is 3. The van der Waals surface area contributed by atoms with Crippen molar-refractivity contribution in [3.05, 3.63) is 59.4 Å². The van der Waals surface area contributed by atoms with Crippen molar-refractivity contribution < 1.29 is 14.3 Å². The van der Waals surface area contributed by atoms with Crippen molar-refractivity contribution in [3.63, 3.8) is 0 Å². The van der Waals surface area contributed by atoms with Gasteiger partial charge in [0.2, 0.25) is 0 Å². The largest absolute Gasteiger partial charge is 0.492 e. The summed E-state index contributed by atoms with van der Waals surface area (Å²) in [6.07, 6.45) is 9.07. The number of aryl methyl sites for hydroxylation is 1. The Hall–Kier alpha value is -2.44. The van der Waals surface area contributed by atoms with Gasteiger partial charge >= 0.3 is 0 Å². The topological polar surface area (TPSA) is 54.9 Å². The number of hydrogen-bond acceptors (Lipinski definition) is 5. The Kier molecular flexibility index (Phi) is 7.76. The van der Waals surface area contributed by atoms with Crippen LogP contribution in [-0.2, 0) is 11.3 Å². The number of rotatable bonds is 3. The first kappa shape index (κ1) is 22.7. The van der Waals surface area contributed by atoms with E-state index in [2.05, 4.69) is 22.9 Å². The number of hydrogen-bond donors (Lipinski definition) is 0. The van der Waals surface area contributed by atoms with Crippen molar-refractivity contribution in [2.45, 2.75) is 57.7 Å². The summed E-state index contributed by atoms with van der Waals surface area (Å²) < 4.78 is 11.9. The lowest BCUT2D eigenvalue weighted by Crippen LogP contribution is -2.51. The minimum atomic E-state index is 0.0906. The number of aromatic nitrogens is 1. The van der Waals surface area contributed by atoms with E-state index in [-0.39, 0.29) is 18.1 Å². The van der Waals surface area contributed by atoms with Crippen LogP contribution in [0, 0.1) is 6.92 Å². The molecule has 4 rings (SSSR count). The number of ether oxygens (including phenoxy) is 2. The van der Waals surface area contributed by atoms with E-state index in [1.807, 2.05) is 41.6 Å². The highest BCUT2D eigenvalue weighted by Crippen LogP contribution is 2.27. The van der Waals surface area contributed by atoms with Gasteiger partial charge in [0.15, 0.2) is 0 Å². The molecule has 0 N–H and O–H groups in total. The highest BCUT2D eigenvalue weighted by Gasteiger charge is 2.34. The minimum absolute atomic E-state index is 0.0906. The standard InChI is InChI=1S/C26H35N3O3/c1-20-15-21(18-27-17-20)19-28-11-4-3-9-24-25(31-2)10-6-12-29(24)26(30)22-7-5-8-23(16-22)32-14-13-28/h5,7-8,15-18,24-25H,3-4,6,9-14,19H2,1-2H3/t24-,25-/m0/s1. The zero-order chi connectivity index (χ0) is 22.3. The lowest BCUT2D eigenvalue weighted by atomic mass is 9.93. The van der Waals surface area contributed by atoms with E-state index in [0.29, 0.717) is 12.2 Å². The molecule has 1 amide bonds. The number of carbonyl (C=O) groups is 1. The summed E-state index contributed by atoms with van der Waals surface area (Å²) in [4.78, 5) is 22.2. The Morgan fingerprint density at radius 3 is 2.84 bits per heavy atom. The maximum absolute atomic E-state index is 13.4. The SMILES string of the molecule is CO[C@H]1CCCN2C(=O)c3cccc(c3)OCCN(Cc3cncc(C)c3)CCCC[C@@H]12. The van der Waals surface area contributed by atoms with Gasteiger partial charge in [-0.2, -0.15) is 0 Å². The molecule has 32 heavy (non-hydrogen) atoms. The summed E-state index contributed by atoms with van der Waals surface area (Å²) in [5.41, 5.74) is 3.12. The summed E-state index contributed by atoms with van der Waals surface area (Å²) in [6, 6.07) is 9.96. The highest BCUT2D eigenvalue weighted by atomic mass is 16.5. The Morgan fingerprint density at radius 2 is 2.00 bits per heavy atom. The molecular weight excluding hydrogens is 402 g/mol. The smallest absolute Gasteiger partial charge is 0.254 e. The van der Waals surface area contributed by atoms with Gasteiger partial charge in [0.1, 0.15) is 12.4 Å². The Bertz CT molecular complexity index is 903. The molecule has 1 fully saturated rings. The third kappa shape index (κ3) is 5.67. The van der Waals surface area contributed by atoms with Crippen molar-refractivity contribution in [2.24, 2.45) is 0 Å². The average Bonchev–Trinajstić information content (AvgIpc) is 2.80. The fraction of sp³-hybridized carbons (Fsp3) is 0.538.